The lowest BCUT2D eigenvalue weighted by Gasteiger charge is -2.00. The second kappa shape index (κ2) is 6.68. The first-order chi connectivity index (χ1) is 9.19. The first kappa shape index (κ1) is 14.0. The molecule has 2 rings (SSSR count). The molecule has 0 unspecified atom stereocenters. The summed E-state index contributed by atoms with van der Waals surface area (Å²) >= 11 is 3.26. The molecule has 0 saturated carbocycles. The van der Waals surface area contributed by atoms with Crippen molar-refractivity contribution in [3.8, 4) is 0 Å². The minimum Gasteiger partial charge on any atom is -0.477 e. The number of aromatic nitrogens is 2. The Morgan fingerprint density at radius 2 is 2.37 bits per heavy atom. The van der Waals surface area contributed by atoms with Crippen molar-refractivity contribution in [1.29, 1.82) is 0 Å². The van der Waals surface area contributed by atoms with Gasteiger partial charge in [0.15, 0.2) is 0 Å². The maximum atomic E-state index is 10.8. The Morgan fingerprint density at radius 1 is 1.53 bits per heavy atom. The van der Waals surface area contributed by atoms with Crippen molar-refractivity contribution >= 4 is 29.1 Å². The van der Waals surface area contributed by atoms with Crippen LogP contribution in [0.2, 0.25) is 0 Å². The third-order valence-corrected chi connectivity index (χ3v) is 4.39. The maximum absolute atomic E-state index is 10.8. The van der Waals surface area contributed by atoms with Crippen LogP contribution in [0.15, 0.2) is 28.6 Å². The van der Waals surface area contributed by atoms with Gasteiger partial charge in [0.25, 0.3) is 0 Å². The standard InChI is InChI=1S/C13H14N2O2S2/c1-2-3-12-15-9(8-19-12)7-18-10-4-5-14-11(6-10)13(16)17/h4-6,8H,2-3,7H2,1H3,(H,16,17). The molecule has 6 heteroatoms. The number of thiazole rings is 1. The molecule has 2 heterocycles. The molecule has 100 valence electrons. The van der Waals surface area contributed by atoms with Crippen LogP contribution in [0.3, 0.4) is 0 Å². The number of rotatable bonds is 6. The van der Waals surface area contributed by atoms with Crippen LogP contribution < -0.4 is 0 Å². The minimum atomic E-state index is -0.999. The third-order valence-electron chi connectivity index (χ3n) is 2.40. The zero-order chi connectivity index (χ0) is 13.7. The van der Waals surface area contributed by atoms with E-state index in [-0.39, 0.29) is 5.69 Å². The Bertz CT molecular complexity index is 569. The topological polar surface area (TPSA) is 63.1 Å². The van der Waals surface area contributed by atoms with Gasteiger partial charge in [0, 0.05) is 22.2 Å². The average Bonchev–Trinajstić information content (AvgIpc) is 2.85. The van der Waals surface area contributed by atoms with Crippen LogP contribution >= 0.6 is 23.1 Å². The number of aryl methyl sites for hydroxylation is 1. The minimum absolute atomic E-state index is 0.0787. The average molecular weight is 294 g/mol. The Kier molecular flexibility index (Phi) is 4.93. The van der Waals surface area contributed by atoms with Crippen LogP contribution in [0.25, 0.3) is 0 Å². The number of carbonyl (C=O) groups is 1. The Hall–Kier alpha value is -1.40. The Labute approximate surface area is 119 Å². The van der Waals surface area contributed by atoms with Gasteiger partial charge in [0.1, 0.15) is 5.69 Å². The smallest absolute Gasteiger partial charge is 0.354 e. The largest absolute Gasteiger partial charge is 0.477 e. The first-order valence-electron chi connectivity index (χ1n) is 5.94. The van der Waals surface area contributed by atoms with Gasteiger partial charge in [-0.25, -0.2) is 14.8 Å². The highest BCUT2D eigenvalue weighted by molar-refractivity contribution is 7.98. The van der Waals surface area contributed by atoms with Gasteiger partial charge in [0.2, 0.25) is 0 Å². The predicted molar refractivity (Wildman–Crippen MR) is 76.9 cm³/mol. The van der Waals surface area contributed by atoms with Crippen molar-refractivity contribution in [3.05, 3.63) is 40.1 Å². The number of thioether (sulfide) groups is 1. The molecule has 0 saturated heterocycles. The summed E-state index contributed by atoms with van der Waals surface area (Å²) in [6.07, 6.45) is 3.65. The third kappa shape index (κ3) is 4.04. The fourth-order valence-corrected chi connectivity index (χ4v) is 3.34. The summed E-state index contributed by atoms with van der Waals surface area (Å²) < 4.78 is 0. The van der Waals surface area contributed by atoms with E-state index in [1.54, 1.807) is 29.2 Å². The lowest BCUT2D eigenvalue weighted by molar-refractivity contribution is 0.0690. The van der Waals surface area contributed by atoms with Crippen molar-refractivity contribution in [2.24, 2.45) is 0 Å². The van der Waals surface area contributed by atoms with E-state index in [9.17, 15) is 4.79 Å². The molecule has 0 atom stereocenters. The highest BCUT2D eigenvalue weighted by Crippen LogP contribution is 2.24. The molecular weight excluding hydrogens is 280 g/mol. The van der Waals surface area contributed by atoms with Gasteiger partial charge in [0.05, 0.1) is 10.7 Å². The summed E-state index contributed by atoms with van der Waals surface area (Å²) in [6.45, 7) is 2.14. The normalized spacial score (nSPS) is 10.6. The van der Waals surface area contributed by atoms with Crippen LogP contribution in [-0.4, -0.2) is 21.0 Å². The van der Waals surface area contributed by atoms with E-state index in [4.69, 9.17) is 5.11 Å². The Balaban J connectivity index is 1.97. The lowest BCUT2D eigenvalue weighted by Crippen LogP contribution is -1.99. The predicted octanol–water partition coefficient (Wildman–Crippen LogP) is 3.48. The molecule has 0 amide bonds. The van der Waals surface area contributed by atoms with Crippen molar-refractivity contribution in [2.45, 2.75) is 30.4 Å². The van der Waals surface area contributed by atoms with E-state index in [1.807, 2.05) is 6.07 Å². The van der Waals surface area contributed by atoms with Crippen molar-refractivity contribution < 1.29 is 9.90 Å². The van der Waals surface area contributed by atoms with Crippen molar-refractivity contribution in [2.75, 3.05) is 0 Å². The molecular formula is C13H14N2O2S2. The number of hydrogen-bond donors (Lipinski definition) is 1. The van der Waals surface area contributed by atoms with Gasteiger partial charge in [-0.05, 0) is 25.0 Å². The van der Waals surface area contributed by atoms with E-state index in [1.165, 1.54) is 11.2 Å². The monoisotopic (exact) mass is 294 g/mol. The van der Waals surface area contributed by atoms with Gasteiger partial charge >= 0.3 is 5.97 Å². The van der Waals surface area contributed by atoms with Crippen LogP contribution in [-0.2, 0) is 12.2 Å². The molecule has 0 aliphatic carbocycles. The molecule has 0 radical (unpaired) electrons. The van der Waals surface area contributed by atoms with Gasteiger partial charge in [-0.15, -0.1) is 23.1 Å². The number of carboxylic acid groups (broad SMARTS) is 1. The molecule has 0 aliphatic heterocycles. The second-order valence-electron chi connectivity index (χ2n) is 3.95. The van der Waals surface area contributed by atoms with E-state index in [0.29, 0.717) is 0 Å². The molecule has 1 N–H and O–H groups in total. The molecule has 0 aliphatic rings. The summed E-state index contributed by atoms with van der Waals surface area (Å²) in [7, 11) is 0. The molecule has 2 aromatic rings. The van der Waals surface area contributed by atoms with Gasteiger partial charge in [-0.1, -0.05) is 6.92 Å². The SMILES string of the molecule is CCCc1nc(CSc2ccnc(C(=O)O)c2)cs1. The molecule has 2 aromatic heterocycles. The highest BCUT2D eigenvalue weighted by Gasteiger charge is 2.06. The molecule has 0 bridgehead atoms. The van der Waals surface area contributed by atoms with Gasteiger partial charge in [-0.3, -0.25) is 0 Å². The lowest BCUT2D eigenvalue weighted by atomic mass is 10.3. The Morgan fingerprint density at radius 3 is 3.11 bits per heavy atom. The number of aromatic carboxylic acids is 1. The van der Waals surface area contributed by atoms with Crippen LogP contribution in [0.5, 0.6) is 0 Å². The summed E-state index contributed by atoms with van der Waals surface area (Å²) in [5, 5.41) is 12.1. The molecule has 0 fully saturated rings. The highest BCUT2D eigenvalue weighted by atomic mass is 32.2. The van der Waals surface area contributed by atoms with Gasteiger partial charge < -0.3 is 5.11 Å². The first-order valence-corrected chi connectivity index (χ1v) is 7.81. The summed E-state index contributed by atoms with van der Waals surface area (Å²) in [6, 6.07) is 3.41. The fourth-order valence-electron chi connectivity index (χ4n) is 1.52. The van der Waals surface area contributed by atoms with Crippen LogP contribution in [0.4, 0.5) is 0 Å². The molecule has 0 spiro atoms. The quantitative estimate of drug-likeness (QED) is 0.826. The number of pyridine rings is 1. The van der Waals surface area contributed by atoms with E-state index < -0.39 is 5.97 Å². The van der Waals surface area contributed by atoms with Crippen LogP contribution in [0.1, 0.15) is 34.5 Å². The molecule has 19 heavy (non-hydrogen) atoms. The number of nitrogens with zero attached hydrogens (tertiary/aromatic N) is 2. The second-order valence-corrected chi connectivity index (χ2v) is 5.94. The van der Waals surface area contributed by atoms with E-state index in [0.717, 1.165) is 29.2 Å². The fraction of sp³-hybridized carbons (Fsp3) is 0.308. The van der Waals surface area contributed by atoms with Gasteiger partial charge in [-0.2, -0.15) is 0 Å². The number of hydrogen-bond acceptors (Lipinski definition) is 5. The zero-order valence-corrected chi connectivity index (χ0v) is 12.1. The maximum Gasteiger partial charge on any atom is 0.354 e. The summed E-state index contributed by atoms with van der Waals surface area (Å²) in [5.41, 5.74) is 1.13. The summed E-state index contributed by atoms with van der Waals surface area (Å²) in [5.74, 6) is -0.245. The summed E-state index contributed by atoms with van der Waals surface area (Å²) in [4.78, 5) is 20.1. The van der Waals surface area contributed by atoms with E-state index >= 15 is 0 Å². The van der Waals surface area contributed by atoms with Crippen molar-refractivity contribution in [1.82, 2.24) is 9.97 Å². The molecule has 4 nitrogen and oxygen atoms in total. The number of carboxylic acids is 1. The molecule has 0 aromatic carbocycles. The van der Waals surface area contributed by atoms with Crippen molar-refractivity contribution in [3.63, 3.8) is 0 Å². The van der Waals surface area contributed by atoms with Crippen LogP contribution in [0, 0.1) is 0 Å². The zero-order valence-electron chi connectivity index (χ0n) is 10.5. The van der Waals surface area contributed by atoms with E-state index in [2.05, 4.69) is 22.3 Å².